The SMILES string of the molecule is C1=CC2(N=N1)OO2. The van der Waals surface area contributed by atoms with Crippen molar-refractivity contribution in [2.24, 2.45) is 10.2 Å². The lowest BCUT2D eigenvalue weighted by Crippen LogP contribution is -1.93. The van der Waals surface area contributed by atoms with Crippen molar-refractivity contribution in [3.8, 4) is 0 Å². The van der Waals surface area contributed by atoms with Crippen LogP contribution < -0.4 is 0 Å². The molecule has 2 aliphatic rings. The Hall–Kier alpha value is -0.740. The van der Waals surface area contributed by atoms with Crippen LogP contribution >= 0.6 is 0 Å². The second-order valence-corrected chi connectivity index (χ2v) is 1.33. The van der Waals surface area contributed by atoms with Crippen LogP contribution in [0.1, 0.15) is 0 Å². The van der Waals surface area contributed by atoms with Gasteiger partial charge in [0.1, 0.15) is 0 Å². The molecule has 0 aromatic rings. The topological polar surface area (TPSA) is 49.8 Å². The van der Waals surface area contributed by atoms with Gasteiger partial charge in [-0.25, -0.2) is 0 Å². The number of rotatable bonds is 0. The summed E-state index contributed by atoms with van der Waals surface area (Å²) in [6.45, 7) is 0. The predicted molar refractivity (Wildman–Crippen MR) is 18.9 cm³/mol. The number of hydrogen-bond donors (Lipinski definition) is 0. The standard InChI is InChI=1S/C3H2N2O2/c1-2-4-5-3(1)6-7-3/h1-2H. The van der Waals surface area contributed by atoms with E-state index in [9.17, 15) is 0 Å². The van der Waals surface area contributed by atoms with Gasteiger partial charge in [0.25, 0.3) is 0 Å². The summed E-state index contributed by atoms with van der Waals surface area (Å²) in [5.74, 6) is -0.778. The second-order valence-electron chi connectivity index (χ2n) is 1.33. The van der Waals surface area contributed by atoms with Crippen LogP contribution in [0.2, 0.25) is 0 Å². The highest BCUT2D eigenvalue weighted by molar-refractivity contribution is 5.00. The van der Waals surface area contributed by atoms with E-state index in [2.05, 4.69) is 20.0 Å². The van der Waals surface area contributed by atoms with Crippen molar-refractivity contribution in [2.45, 2.75) is 5.91 Å². The van der Waals surface area contributed by atoms with Crippen molar-refractivity contribution in [3.05, 3.63) is 12.3 Å². The first kappa shape index (κ1) is 3.29. The molecule has 0 saturated carbocycles. The monoisotopic (exact) mass is 98.0 g/mol. The molecule has 0 bridgehead atoms. The van der Waals surface area contributed by atoms with Crippen molar-refractivity contribution in [2.75, 3.05) is 0 Å². The van der Waals surface area contributed by atoms with Crippen LogP contribution in [0.5, 0.6) is 0 Å². The van der Waals surface area contributed by atoms with Gasteiger partial charge in [0.15, 0.2) is 0 Å². The van der Waals surface area contributed by atoms with Gasteiger partial charge in [0.2, 0.25) is 0 Å². The van der Waals surface area contributed by atoms with Gasteiger partial charge in [-0.15, -0.1) is 5.11 Å². The van der Waals surface area contributed by atoms with Crippen LogP contribution in [-0.4, -0.2) is 5.91 Å². The first-order valence-electron chi connectivity index (χ1n) is 1.88. The Morgan fingerprint density at radius 2 is 2.29 bits per heavy atom. The smallest absolute Gasteiger partial charge is 0.162 e. The molecule has 1 saturated heterocycles. The van der Waals surface area contributed by atoms with Crippen LogP contribution in [0.15, 0.2) is 22.5 Å². The molecule has 0 radical (unpaired) electrons. The van der Waals surface area contributed by atoms with Crippen LogP contribution in [0.25, 0.3) is 0 Å². The summed E-state index contributed by atoms with van der Waals surface area (Å²) in [4.78, 5) is 8.82. The van der Waals surface area contributed by atoms with Gasteiger partial charge in [-0.05, 0) is 0 Å². The van der Waals surface area contributed by atoms with Crippen molar-refractivity contribution >= 4 is 0 Å². The van der Waals surface area contributed by atoms with Crippen LogP contribution in [-0.2, 0) is 9.78 Å². The molecule has 36 valence electrons. The van der Waals surface area contributed by atoms with E-state index in [1.807, 2.05) is 0 Å². The second kappa shape index (κ2) is 0.753. The average Bonchev–Trinajstić information content (AvgIpc) is 2.15. The summed E-state index contributed by atoms with van der Waals surface area (Å²) in [5.41, 5.74) is 0. The fourth-order valence-corrected chi connectivity index (χ4v) is 0.406. The third-order valence-corrected chi connectivity index (χ3v) is 0.803. The highest BCUT2D eigenvalue weighted by Gasteiger charge is 2.49. The zero-order valence-electron chi connectivity index (χ0n) is 3.37. The van der Waals surface area contributed by atoms with Crippen LogP contribution in [0.3, 0.4) is 0 Å². The molecule has 0 aliphatic carbocycles. The van der Waals surface area contributed by atoms with Crippen molar-refractivity contribution in [3.63, 3.8) is 0 Å². The summed E-state index contributed by atoms with van der Waals surface area (Å²) in [6, 6.07) is 0. The Morgan fingerprint density at radius 3 is 2.57 bits per heavy atom. The van der Waals surface area contributed by atoms with E-state index in [0.29, 0.717) is 0 Å². The van der Waals surface area contributed by atoms with Crippen molar-refractivity contribution in [1.29, 1.82) is 0 Å². The molecule has 7 heavy (non-hydrogen) atoms. The molecule has 1 fully saturated rings. The van der Waals surface area contributed by atoms with E-state index in [4.69, 9.17) is 0 Å². The third-order valence-electron chi connectivity index (χ3n) is 0.803. The van der Waals surface area contributed by atoms with Gasteiger partial charge in [0, 0.05) is 6.08 Å². The van der Waals surface area contributed by atoms with Crippen LogP contribution in [0.4, 0.5) is 0 Å². The van der Waals surface area contributed by atoms with Gasteiger partial charge in [0.05, 0.1) is 6.20 Å². The molecule has 1 spiro atoms. The summed E-state index contributed by atoms with van der Waals surface area (Å²) in [6.07, 6.45) is 3.17. The van der Waals surface area contributed by atoms with Gasteiger partial charge in [-0.3, -0.25) is 0 Å². The van der Waals surface area contributed by atoms with E-state index in [0.717, 1.165) is 0 Å². The van der Waals surface area contributed by atoms with Gasteiger partial charge in [-0.1, -0.05) is 0 Å². The number of nitrogens with zero attached hydrogens (tertiary/aromatic N) is 2. The Labute approximate surface area is 39.4 Å². The molecule has 4 heteroatoms. The summed E-state index contributed by atoms with van der Waals surface area (Å²) >= 11 is 0. The zero-order chi connectivity index (χ0) is 4.74. The Bertz CT molecular complexity index is 133. The average molecular weight is 98.1 g/mol. The van der Waals surface area contributed by atoms with Gasteiger partial charge in [-0.2, -0.15) is 14.9 Å². The van der Waals surface area contributed by atoms with Gasteiger partial charge < -0.3 is 0 Å². The van der Waals surface area contributed by atoms with E-state index < -0.39 is 5.91 Å². The minimum absolute atomic E-state index is 0.778. The first-order valence-corrected chi connectivity index (χ1v) is 1.88. The lowest BCUT2D eigenvalue weighted by molar-refractivity contribution is 0.0850. The zero-order valence-corrected chi connectivity index (χ0v) is 3.37. The Kier molecular flexibility index (Phi) is 0.353. The quantitative estimate of drug-likeness (QED) is 0.328. The minimum atomic E-state index is -0.778. The molecular formula is C3H2N2O2. The third kappa shape index (κ3) is 0.318. The molecule has 2 aliphatic heterocycles. The van der Waals surface area contributed by atoms with E-state index >= 15 is 0 Å². The van der Waals surface area contributed by atoms with Crippen LogP contribution in [0, 0.1) is 0 Å². The molecule has 0 N–H and O–H groups in total. The Balaban J connectivity index is 2.38. The molecule has 0 aromatic heterocycles. The normalized spacial score (nSPS) is 29.7. The molecular weight excluding hydrogens is 96.0 g/mol. The van der Waals surface area contributed by atoms with Gasteiger partial charge >= 0.3 is 5.91 Å². The maximum absolute atomic E-state index is 4.41. The highest BCUT2D eigenvalue weighted by atomic mass is 17.4. The summed E-state index contributed by atoms with van der Waals surface area (Å²) in [7, 11) is 0. The van der Waals surface area contributed by atoms with Crippen molar-refractivity contribution in [1.82, 2.24) is 0 Å². The van der Waals surface area contributed by atoms with E-state index in [1.165, 1.54) is 6.20 Å². The van der Waals surface area contributed by atoms with Crippen molar-refractivity contribution < 1.29 is 9.78 Å². The molecule has 0 aromatic carbocycles. The Morgan fingerprint density at radius 1 is 1.43 bits per heavy atom. The molecule has 2 heterocycles. The summed E-state index contributed by atoms with van der Waals surface area (Å²) in [5, 5.41) is 7.04. The maximum Gasteiger partial charge on any atom is 0.365 e. The first-order chi connectivity index (χ1) is 3.41. The lowest BCUT2D eigenvalue weighted by Gasteiger charge is -1.74. The fraction of sp³-hybridized carbons (Fsp3) is 0.333. The molecule has 0 atom stereocenters. The minimum Gasteiger partial charge on any atom is -0.162 e. The lowest BCUT2D eigenvalue weighted by atomic mass is 10.5. The largest absolute Gasteiger partial charge is 0.365 e. The summed E-state index contributed by atoms with van der Waals surface area (Å²) < 4.78 is 0. The number of azo groups is 1. The number of hydrogen-bond acceptors (Lipinski definition) is 4. The molecule has 4 nitrogen and oxygen atoms in total. The van der Waals surface area contributed by atoms with E-state index in [-0.39, 0.29) is 0 Å². The molecule has 2 rings (SSSR count). The fourth-order valence-electron chi connectivity index (χ4n) is 0.406. The van der Waals surface area contributed by atoms with E-state index in [1.54, 1.807) is 6.08 Å². The predicted octanol–water partition coefficient (Wildman–Crippen LogP) is 0.581. The highest BCUT2D eigenvalue weighted by Crippen LogP contribution is 2.35. The molecule has 0 amide bonds. The molecule has 0 unspecified atom stereocenters. The maximum atomic E-state index is 4.41.